The second-order valence-corrected chi connectivity index (χ2v) is 5.40. The molecule has 2 nitrogen and oxygen atoms in total. The Balaban J connectivity index is 1.66. The quantitative estimate of drug-likeness (QED) is 0.776. The van der Waals surface area contributed by atoms with Crippen LogP contribution in [0.3, 0.4) is 0 Å². The number of ketones is 1. The first kappa shape index (κ1) is 11.0. The standard InChI is InChI=1S/C15H19NO/c17-15-8-4-7-13-10-16(11-14(13)15)9-12-5-2-1-3-6-12/h1-3,5-6,13-14H,4,7-11H2. The highest BCUT2D eigenvalue weighted by molar-refractivity contribution is 5.82. The van der Waals surface area contributed by atoms with Crippen molar-refractivity contribution in [3.63, 3.8) is 0 Å². The van der Waals surface area contributed by atoms with Crippen molar-refractivity contribution in [2.24, 2.45) is 11.8 Å². The zero-order valence-electron chi connectivity index (χ0n) is 10.1. The van der Waals surface area contributed by atoms with Crippen molar-refractivity contribution in [2.75, 3.05) is 13.1 Å². The highest BCUT2D eigenvalue weighted by atomic mass is 16.1. The lowest BCUT2D eigenvalue weighted by molar-refractivity contribution is -0.125. The van der Waals surface area contributed by atoms with Gasteiger partial charge in [0.2, 0.25) is 0 Å². The van der Waals surface area contributed by atoms with Gasteiger partial charge >= 0.3 is 0 Å². The first-order valence-corrected chi connectivity index (χ1v) is 6.62. The molecule has 2 unspecified atom stereocenters. The summed E-state index contributed by atoms with van der Waals surface area (Å²) in [6, 6.07) is 10.6. The van der Waals surface area contributed by atoms with Crippen LogP contribution in [0.4, 0.5) is 0 Å². The van der Waals surface area contributed by atoms with Crippen LogP contribution in [0, 0.1) is 11.8 Å². The SMILES string of the molecule is O=C1CCCC2CN(Cc3ccccc3)CC12. The third-order valence-corrected chi connectivity index (χ3v) is 4.18. The van der Waals surface area contributed by atoms with Crippen LogP contribution in [-0.4, -0.2) is 23.8 Å². The summed E-state index contributed by atoms with van der Waals surface area (Å²) in [6.45, 7) is 3.10. The van der Waals surface area contributed by atoms with Gasteiger partial charge in [-0.25, -0.2) is 0 Å². The van der Waals surface area contributed by atoms with Crippen LogP contribution in [0.1, 0.15) is 24.8 Å². The van der Waals surface area contributed by atoms with E-state index in [0.717, 1.165) is 32.5 Å². The molecule has 90 valence electrons. The molecule has 0 amide bonds. The Kier molecular flexibility index (Phi) is 2.98. The van der Waals surface area contributed by atoms with E-state index in [2.05, 4.69) is 35.2 Å². The minimum atomic E-state index is 0.340. The Bertz CT molecular complexity index is 401. The monoisotopic (exact) mass is 229 g/mol. The molecule has 17 heavy (non-hydrogen) atoms. The third-order valence-electron chi connectivity index (χ3n) is 4.18. The fourth-order valence-corrected chi connectivity index (χ4v) is 3.31. The third kappa shape index (κ3) is 2.27. The Labute approximate surface area is 103 Å². The number of rotatable bonds is 2. The van der Waals surface area contributed by atoms with Crippen LogP contribution in [0.5, 0.6) is 0 Å². The van der Waals surface area contributed by atoms with E-state index in [1.165, 1.54) is 12.0 Å². The molecular formula is C15H19NO. The summed E-state index contributed by atoms with van der Waals surface area (Å²) in [7, 11) is 0. The number of carbonyl (C=O) groups excluding carboxylic acids is 1. The average molecular weight is 229 g/mol. The minimum Gasteiger partial charge on any atom is -0.299 e. The number of carbonyl (C=O) groups is 1. The van der Waals surface area contributed by atoms with Crippen LogP contribution in [0.2, 0.25) is 0 Å². The molecule has 1 aromatic rings. The van der Waals surface area contributed by atoms with E-state index in [0.29, 0.717) is 17.6 Å². The van der Waals surface area contributed by atoms with Crippen molar-refractivity contribution < 1.29 is 4.79 Å². The lowest BCUT2D eigenvalue weighted by Gasteiger charge is -2.21. The lowest BCUT2D eigenvalue weighted by Crippen LogP contribution is -2.27. The van der Waals surface area contributed by atoms with Crippen LogP contribution in [0.25, 0.3) is 0 Å². The molecule has 2 heteroatoms. The van der Waals surface area contributed by atoms with E-state index in [1.807, 2.05) is 0 Å². The first-order valence-electron chi connectivity index (χ1n) is 6.62. The van der Waals surface area contributed by atoms with Gasteiger partial charge in [-0.05, 0) is 24.3 Å². The molecule has 0 bridgehead atoms. The topological polar surface area (TPSA) is 20.3 Å². The molecule has 1 aliphatic carbocycles. The molecular weight excluding hydrogens is 210 g/mol. The molecule has 1 saturated carbocycles. The predicted molar refractivity (Wildman–Crippen MR) is 67.6 cm³/mol. The van der Waals surface area contributed by atoms with E-state index in [9.17, 15) is 4.79 Å². The van der Waals surface area contributed by atoms with Crippen molar-refractivity contribution in [2.45, 2.75) is 25.8 Å². The molecule has 2 atom stereocenters. The average Bonchev–Trinajstić information content (AvgIpc) is 2.74. The van der Waals surface area contributed by atoms with Crippen LogP contribution in [0.15, 0.2) is 30.3 Å². The summed E-state index contributed by atoms with van der Waals surface area (Å²) in [4.78, 5) is 14.3. The summed E-state index contributed by atoms with van der Waals surface area (Å²) in [6.07, 6.45) is 3.18. The smallest absolute Gasteiger partial charge is 0.137 e. The minimum absolute atomic E-state index is 0.340. The number of Topliss-reactive ketones (excluding diaryl/α,β-unsaturated/α-hetero) is 1. The van der Waals surface area contributed by atoms with Gasteiger partial charge in [0.05, 0.1) is 0 Å². The molecule has 0 spiro atoms. The summed E-state index contributed by atoms with van der Waals surface area (Å²) in [5.74, 6) is 1.49. The van der Waals surface area contributed by atoms with Gasteiger partial charge in [0.15, 0.2) is 0 Å². The van der Waals surface area contributed by atoms with Gasteiger partial charge in [0, 0.05) is 32.0 Å². The molecule has 1 heterocycles. The summed E-state index contributed by atoms with van der Waals surface area (Å²) in [5, 5.41) is 0. The van der Waals surface area contributed by atoms with E-state index >= 15 is 0 Å². The van der Waals surface area contributed by atoms with E-state index in [-0.39, 0.29) is 0 Å². The highest BCUT2D eigenvalue weighted by Crippen LogP contribution is 2.34. The second kappa shape index (κ2) is 4.61. The number of likely N-dealkylation sites (tertiary alicyclic amines) is 1. The normalized spacial score (nSPS) is 29.3. The number of fused-ring (bicyclic) bond motifs is 1. The van der Waals surface area contributed by atoms with Crippen molar-refractivity contribution in [1.29, 1.82) is 0 Å². The maximum atomic E-state index is 11.8. The molecule has 1 saturated heterocycles. The number of nitrogens with zero attached hydrogens (tertiary/aromatic N) is 1. The number of hydrogen-bond acceptors (Lipinski definition) is 2. The summed E-state index contributed by atoms with van der Waals surface area (Å²) < 4.78 is 0. The Hall–Kier alpha value is -1.15. The Morgan fingerprint density at radius 3 is 2.76 bits per heavy atom. The lowest BCUT2D eigenvalue weighted by atomic mass is 9.81. The van der Waals surface area contributed by atoms with Crippen molar-refractivity contribution in [3.05, 3.63) is 35.9 Å². The predicted octanol–water partition coefficient (Wildman–Crippen LogP) is 2.49. The molecule has 0 aromatic heterocycles. The molecule has 1 aliphatic heterocycles. The van der Waals surface area contributed by atoms with Gasteiger partial charge in [-0.1, -0.05) is 30.3 Å². The molecule has 2 fully saturated rings. The summed E-state index contributed by atoms with van der Waals surface area (Å²) in [5.41, 5.74) is 1.36. The summed E-state index contributed by atoms with van der Waals surface area (Å²) >= 11 is 0. The maximum Gasteiger partial charge on any atom is 0.137 e. The number of hydrogen-bond donors (Lipinski definition) is 0. The fraction of sp³-hybridized carbons (Fsp3) is 0.533. The second-order valence-electron chi connectivity index (χ2n) is 5.40. The zero-order chi connectivity index (χ0) is 11.7. The molecule has 3 rings (SSSR count). The Morgan fingerprint density at radius 2 is 2.00 bits per heavy atom. The van der Waals surface area contributed by atoms with Gasteiger partial charge in [0.25, 0.3) is 0 Å². The zero-order valence-corrected chi connectivity index (χ0v) is 10.1. The maximum absolute atomic E-state index is 11.8. The van der Waals surface area contributed by atoms with Gasteiger partial charge in [-0.2, -0.15) is 0 Å². The first-order chi connectivity index (χ1) is 8.33. The van der Waals surface area contributed by atoms with Gasteiger partial charge < -0.3 is 0 Å². The Morgan fingerprint density at radius 1 is 1.18 bits per heavy atom. The van der Waals surface area contributed by atoms with E-state index in [1.54, 1.807) is 0 Å². The van der Waals surface area contributed by atoms with Gasteiger partial charge in [-0.3, -0.25) is 9.69 Å². The van der Waals surface area contributed by atoms with Crippen LogP contribution >= 0.6 is 0 Å². The van der Waals surface area contributed by atoms with Crippen molar-refractivity contribution >= 4 is 5.78 Å². The molecule has 1 aromatic carbocycles. The molecule has 2 aliphatic rings. The van der Waals surface area contributed by atoms with Crippen molar-refractivity contribution in [3.8, 4) is 0 Å². The number of benzene rings is 1. The fourth-order valence-electron chi connectivity index (χ4n) is 3.31. The van der Waals surface area contributed by atoms with E-state index < -0.39 is 0 Å². The van der Waals surface area contributed by atoms with Crippen molar-refractivity contribution in [1.82, 2.24) is 4.90 Å². The van der Waals surface area contributed by atoms with Gasteiger partial charge in [-0.15, -0.1) is 0 Å². The largest absolute Gasteiger partial charge is 0.299 e. The molecule has 0 radical (unpaired) electrons. The van der Waals surface area contributed by atoms with Crippen LogP contribution in [-0.2, 0) is 11.3 Å². The van der Waals surface area contributed by atoms with Gasteiger partial charge in [0.1, 0.15) is 5.78 Å². The van der Waals surface area contributed by atoms with E-state index in [4.69, 9.17) is 0 Å². The molecule has 0 N–H and O–H groups in total. The highest BCUT2D eigenvalue weighted by Gasteiger charge is 2.38. The van der Waals surface area contributed by atoms with Crippen LogP contribution < -0.4 is 0 Å².